The molecule has 1 amide bonds. The van der Waals surface area contributed by atoms with Crippen molar-refractivity contribution >= 4 is 35.2 Å². The highest BCUT2D eigenvalue weighted by Crippen LogP contribution is 2.27. The molecule has 0 bridgehead atoms. The van der Waals surface area contributed by atoms with Gasteiger partial charge in [-0.1, -0.05) is 30.7 Å². The quantitative estimate of drug-likeness (QED) is 0.697. The lowest BCUT2D eigenvalue weighted by atomic mass is 10.0. The molecule has 0 unspecified atom stereocenters. The Balaban J connectivity index is 1.73. The molecule has 1 aliphatic heterocycles. The number of carboxylic acids is 1. The zero-order valence-electron chi connectivity index (χ0n) is 14.5. The van der Waals surface area contributed by atoms with Crippen LogP contribution >= 0.6 is 23.4 Å². The Morgan fingerprint density at radius 3 is 2.60 bits per heavy atom. The first-order chi connectivity index (χ1) is 12.0. The van der Waals surface area contributed by atoms with E-state index >= 15 is 0 Å². The molecule has 0 aromatic heterocycles. The van der Waals surface area contributed by atoms with E-state index < -0.39 is 5.97 Å². The molecule has 1 N–H and O–H groups in total. The van der Waals surface area contributed by atoms with E-state index in [1.165, 1.54) is 0 Å². The number of hydrogen-bond donors (Lipinski definition) is 1. The van der Waals surface area contributed by atoms with Gasteiger partial charge in [0.1, 0.15) is 0 Å². The van der Waals surface area contributed by atoms with Crippen molar-refractivity contribution in [3.63, 3.8) is 0 Å². The molecule has 2 rings (SSSR count). The third kappa shape index (κ3) is 6.20. The number of likely N-dealkylation sites (tertiary alicyclic amines) is 1. The number of likely N-dealkylation sites (N-methyl/N-ethyl adjacent to an activating group) is 1. The van der Waals surface area contributed by atoms with Crippen molar-refractivity contribution in [2.24, 2.45) is 0 Å². The van der Waals surface area contributed by atoms with E-state index in [2.05, 4.69) is 0 Å². The van der Waals surface area contributed by atoms with Crippen LogP contribution in [0.15, 0.2) is 29.2 Å². The molecule has 7 heteroatoms. The number of aliphatic carboxylic acids is 1. The molecule has 0 saturated carbocycles. The maximum atomic E-state index is 12.4. The summed E-state index contributed by atoms with van der Waals surface area (Å²) in [6.45, 7) is 4.18. The van der Waals surface area contributed by atoms with Crippen LogP contribution in [0.1, 0.15) is 26.2 Å². The van der Waals surface area contributed by atoms with E-state index in [0.29, 0.717) is 25.3 Å². The number of amides is 1. The van der Waals surface area contributed by atoms with Crippen molar-refractivity contribution in [3.05, 3.63) is 29.3 Å². The SMILES string of the molecule is CCN(CC(=O)O)C1CCN(C(=O)CCSc2ccccc2Cl)CC1. The Labute approximate surface area is 158 Å². The van der Waals surface area contributed by atoms with E-state index in [4.69, 9.17) is 16.7 Å². The summed E-state index contributed by atoms with van der Waals surface area (Å²) >= 11 is 7.72. The van der Waals surface area contributed by atoms with E-state index in [9.17, 15) is 9.59 Å². The van der Waals surface area contributed by atoms with Gasteiger partial charge in [-0.25, -0.2) is 0 Å². The number of piperidine rings is 1. The van der Waals surface area contributed by atoms with Crippen LogP contribution < -0.4 is 0 Å². The highest BCUT2D eigenvalue weighted by Gasteiger charge is 2.26. The van der Waals surface area contributed by atoms with E-state index in [1.807, 2.05) is 41.0 Å². The second-order valence-corrected chi connectivity index (χ2v) is 7.64. The average molecular weight is 385 g/mol. The van der Waals surface area contributed by atoms with Crippen molar-refractivity contribution in [2.75, 3.05) is 31.9 Å². The summed E-state index contributed by atoms with van der Waals surface area (Å²) in [5.74, 6) is 0.0824. The van der Waals surface area contributed by atoms with Crippen LogP contribution in [0.2, 0.25) is 5.02 Å². The predicted molar refractivity (Wildman–Crippen MR) is 101 cm³/mol. The summed E-state index contributed by atoms with van der Waals surface area (Å²) in [4.78, 5) is 28.2. The fourth-order valence-electron chi connectivity index (χ4n) is 3.12. The van der Waals surface area contributed by atoms with Gasteiger partial charge >= 0.3 is 5.97 Å². The van der Waals surface area contributed by atoms with E-state index in [1.54, 1.807) is 11.8 Å². The van der Waals surface area contributed by atoms with E-state index in [0.717, 1.165) is 29.3 Å². The second kappa shape index (κ2) is 10.0. The van der Waals surface area contributed by atoms with E-state index in [-0.39, 0.29) is 18.5 Å². The largest absolute Gasteiger partial charge is 0.480 e. The number of halogens is 1. The first-order valence-corrected chi connectivity index (χ1v) is 9.98. The number of benzene rings is 1. The fourth-order valence-corrected chi connectivity index (χ4v) is 4.30. The predicted octanol–water partition coefficient (Wildman–Crippen LogP) is 3.22. The first-order valence-electron chi connectivity index (χ1n) is 8.62. The molecule has 0 atom stereocenters. The average Bonchev–Trinajstić information content (AvgIpc) is 2.61. The van der Waals surface area contributed by atoms with Crippen LogP contribution in [0.25, 0.3) is 0 Å². The van der Waals surface area contributed by atoms with Crippen LogP contribution in [0.4, 0.5) is 0 Å². The number of hydrogen-bond acceptors (Lipinski definition) is 4. The van der Waals surface area contributed by atoms with Crippen LogP contribution in [0.3, 0.4) is 0 Å². The number of carbonyl (C=O) groups excluding carboxylic acids is 1. The summed E-state index contributed by atoms with van der Waals surface area (Å²) in [5.41, 5.74) is 0. The van der Waals surface area contributed by atoms with Crippen molar-refractivity contribution in [3.8, 4) is 0 Å². The summed E-state index contributed by atoms with van der Waals surface area (Å²) in [5, 5.41) is 9.70. The number of carbonyl (C=O) groups is 2. The molecule has 1 fully saturated rings. The van der Waals surface area contributed by atoms with Gasteiger partial charge in [0.2, 0.25) is 5.91 Å². The van der Waals surface area contributed by atoms with Gasteiger partial charge in [-0.2, -0.15) is 0 Å². The van der Waals surface area contributed by atoms with Gasteiger partial charge in [-0.05, 0) is 31.5 Å². The number of rotatable bonds is 8. The topological polar surface area (TPSA) is 60.9 Å². The van der Waals surface area contributed by atoms with Crippen molar-refractivity contribution in [1.82, 2.24) is 9.80 Å². The lowest BCUT2D eigenvalue weighted by Gasteiger charge is -2.37. The molecule has 0 radical (unpaired) electrons. The normalized spacial score (nSPS) is 15.6. The lowest BCUT2D eigenvalue weighted by Crippen LogP contribution is -2.48. The Morgan fingerprint density at radius 1 is 1.32 bits per heavy atom. The lowest BCUT2D eigenvalue weighted by molar-refractivity contribution is -0.140. The van der Waals surface area contributed by atoms with Gasteiger partial charge in [0.15, 0.2) is 0 Å². The van der Waals surface area contributed by atoms with Crippen LogP contribution in [0, 0.1) is 0 Å². The Morgan fingerprint density at radius 2 is 2.00 bits per heavy atom. The summed E-state index contributed by atoms with van der Waals surface area (Å²) in [7, 11) is 0. The molecule has 0 aliphatic carbocycles. The molecule has 1 heterocycles. The Hall–Kier alpha value is -1.24. The zero-order valence-corrected chi connectivity index (χ0v) is 16.1. The second-order valence-electron chi connectivity index (χ2n) is 6.10. The summed E-state index contributed by atoms with van der Waals surface area (Å²) in [6, 6.07) is 7.91. The molecule has 1 saturated heterocycles. The number of nitrogens with zero attached hydrogens (tertiary/aromatic N) is 2. The van der Waals surface area contributed by atoms with Crippen molar-refractivity contribution < 1.29 is 14.7 Å². The monoisotopic (exact) mass is 384 g/mol. The maximum absolute atomic E-state index is 12.4. The van der Waals surface area contributed by atoms with Gasteiger partial charge in [0.25, 0.3) is 0 Å². The van der Waals surface area contributed by atoms with Crippen LogP contribution in [-0.4, -0.2) is 64.8 Å². The molecule has 1 aromatic rings. The minimum atomic E-state index is -0.794. The maximum Gasteiger partial charge on any atom is 0.317 e. The highest BCUT2D eigenvalue weighted by atomic mass is 35.5. The minimum absolute atomic E-state index is 0.0730. The first kappa shape index (κ1) is 20.1. The third-order valence-corrected chi connectivity index (χ3v) is 6.01. The number of thioether (sulfide) groups is 1. The molecule has 138 valence electrons. The van der Waals surface area contributed by atoms with Gasteiger partial charge < -0.3 is 10.0 Å². The molecule has 25 heavy (non-hydrogen) atoms. The molecular formula is C18H25ClN2O3S. The molecule has 1 aromatic carbocycles. The molecule has 5 nitrogen and oxygen atoms in total. The Bertz CT molecular complexity index is 591. The smallest absolute Gasteiger partial charge is 0.317 e. The summed E-state index contributed by atoms with van der Waals surface area (Å²) < 4.78 is 0. The minimum Gasteiger partial charge on any atom is -0.480 e. The fraction of sp³-hybridized carbons (Fsp3) is 0.556. The Kier molecular flexibility index (Phi) is 8.06. The third-order valence-electron chi connectivity index (χ3n) is 4.49. The standard InChI is InChI=1S/C18H25ClN2O3S/c1-2-20(13-18(23)24)14-7-10-21(11-8-14)17(22)9-12-25-16-6-4-3-5-15(16)19/h3-6,14H,2,7-13H2,1H3,(H,23,24). The number of carboxylic acid groups (broad SMARTS) is 1. The molecule has 0 spiro atoms. The zero-order chi connectivity index (χ0) is 18.2. The van der Waals surface area contributed by atoms with Gasteiger partial charge in [0, 0.05) is 36.2 Å². The highest BCUT2D eigenvalue weighted by molar-refractivity contribution is 7.99. The molecule has 1 aliphatic rings. The summed E-state index contributed by atoms with van der Waals surface area (Å²) in [6.07, 6.45) is 2.17. The van der Waals surface area contributed by atoms with Crippen molar-refractivity contribution in [1.29, 1.82) is 0 Å². The van der Waals surface area contributed by atoms with Gasteiger partial charge in [-0.15, -0.1) is 11.8 Å². The van der Waals surface area contributed by atoms with Crippen LogP contribution in [-0.2, 0) is 9.59 Å². The van der Waals surface area contributed by atoms with Crippen molar-refractivity contribution in [2.45, 2.75) is 37.1 Å². The van der Waals surface area contributed by atoms with Crippen LogP contribution in [0.5, 0.6) is 0 Å². The van der Waals surface area contributed by atoms with Gasteiger partial charge in [-0.3, -0.25) is 14.5 Å². The van der Waals surface area contributed by atoms with Gasteiger partial charge in [0.05, 0.1) is 11.6 Å². The molecular weight excluding hydrogens is 360 g/mol.